The highest BCUT2D eigenvalue weighted by atomic mass is 16.6. The second kappa shape index (κ2) is 7.36. The molecule has 0 aliphatic heterocycles. The minimum atomic E-state index is -0.505. The Morgan fingerprint density at radius 3 is 2.33 bits per heavy atom. The summed E-state index contributed by atoms with van der Waals surface area (Å²) >= 11 is 0. The van der Waals surface area contributed by atoms with Gasteiger partial charge in [0.05, 0.1) is 11.3 Å². The van der Waals surface area contributed by atoms with E-state index in [1.54, 1.807) is 49.5 Å². The first-order chi connectivity index (χ1) is 11.4. The van der Waals surface area contributed by atoms with Crippen molar-refractivity contribution >= 4 is 28.9 Å². The van der Waals surface area contributed by atoms with Gasteiger partial charge < -0.3 is 10.2 Å². The number of nitro benzene ring substituents is 1. The number of nitro groups is 1. The zero-order valence-corrected chi connectivity index (χ0v) is 13.4. The Balaban J connectivity index is 2.05. The van der Waals surface area contributed by atoms with Gasteiger partial charge in [0, 0.05) is 37.0 Å². The molecular weight excluding hydrogens is 310 g/mol. The number of benzene rings is 2. The minimum Gasteiger partial charge on any atom is -0.326 e. The third-order valence-electron chi connectivity index (χ3n) is 3.55. The van der Waals surface area contributed by atoms with Crippen molar-refractivity contribution in [2.75, 3.05) is 17.3 Å². The average molecular weight is 327 g/mol. The van der Waals surface area contributed by atoms with Crippen molar-refractivity contribution in [1.29, 1.82) is 0 Å². The van der Waals surface area contributed by atoms with Crippen molar-refractivity contribution in [3.63, 3.8) is 0 Å². The smallest absolute Gasteiger partial charge is 0.273 e. The lowest BCUT2D eigenvalue weighted by Crippen LogP contribution is -2.22. The van der Waals surface area contributed by atoms with E-state index >= 15 is 0 Å². The molecule has 0 atom stereocenters. The molecule has 0 bridgehead atoms. The number of amides is 2. The van der Waals surface area contributed by atoms with Crippen LogP contribution in [-0.2, 0) is 16.0 Å². The van der Waals surface area contributed by atoms with E-state index in [1.807, 2.05) is 0 Å². The summed E-state index contributed by atoms with van der Waals surface area (Å²) in [5, 5.41) is 13.6. The Bertz CT molecular complexity index is 772. The molecule has 0 unspecified atom stereocenters. The van der Waals surface area contributed by atoms with Crippen LogP contribution in [0.4, 0.5) is 17.1 Å². The second-order valence-corrected chi connectivity index (χ2v) is 5.24. The lowest BCUT2D eigenvalue weighted by molar-refractivity contribution is -0.385. The van der Waals surface area contributed by atoms with Gasteiger partial charge in [-0.25, -0.2) is 0 Å². The highest BCUT2D eigenvalue weighted by Gasteiger charge is 2.15. The largest absolute Gasteiger partial charge is 0.326 e. The lowest BCUT2D eigenvalue weighted by Gasteiger charge is -2.15. The number of nitrogens with one attached hydrogen (secondary N) is 1. The second-order valence-electron chi connectivity index (χ2n) is 5.24. The molecule has 0 spiro atoms. The summed E-state index contributed by atoms with van der Waals surface area (Å²) in [4.78, 5) is 35.3. The third-order valence-corrected chi connectivity index (χ3v) is 3.55. The molecule has 0 fully saturated rings. The molecule has 0 aliphatic rings. The van der Waals surface area contributed by atoms with E-state index in [1.165, 1.54) is 17.9 Å². The van der Waals surface area contributed by atoms with Gasteiger partial charge in [-0.3, -0.25) is 19.7 Å². The molecule has 7 nitrogen and oxygen atoms in total. The summed E-state index contributed by atoms with van der Waals surface area (Å²) in [6.07, 6.45) is -0.0910. The SMILES string of the molecule is CC(=O)N(C)c1ccc(NC(=O)Cc2ccccc2[N+](=O)[O-])cc1. The molecule has 0 aliphatic carbocycles. The lowest BCUT2D eigenvalue weighted by atomic mass is 10.1. The topological polar surface area (TPSA) is 92.6 Å². The standard InChI is InChI=1S/C17H17N3O4/c1-12(21)19(2)15-9-7-14(8-10-15)18-17(22)11-13-5-3-4-6-16(13)20(23)24/h3-10H,11H2,1-2H3,(H,18,22). The van der Waals surface area contributed by atoms with E-state index < -0.39 is 4.92 Å². The number of para-hydroxylation sites is 1. The molecule has 2 rings (SSSR count). The fourth-order valence-corrected chi connectivity index (χ4v) is 2.17. The van der Waals surface area contributed by atoms with Crippen molar-refractivity contribution in [2.24, 2.45) is 0 Å². The fourth-order valence-electron chi connectivity index (χ4n) is 2.17. The van der Waals surface area contributed by atoms with Crippen molar-refractivity contribution in [2.45, 2.75) is 13.3 Å². The van der Waals surface area contributed by atoms with E-state index in [9.17, 15) is 19.7 Å². The maximum atomic E-state index is 12.1. The quantitative estimate of drug-likeness (QED) is 0.675. The van der Waals surface area contributed by atoms with Gasteiger partial charge in [0.25, 0.3) is 5.69 Å². The molecule has 124 valence electrons. The molecule has 0 saturated carbocycles. The normalized spacial score (nSPS) is 10.1. The van der Waals surface area contributed by atoms with E-state index in [2.05, 4.69) is 5.32 Å². The zero-order valence-electron chi connectivity index (χ0n) is 13.4. The summed E-state index contributed by atoms with van der Waals surface area (Å²) in [6.45, 7) is 1.46. The molecule has 0 aromatic heterocycles. The summed E-state index contributed by atoms with van der Waals surface area (Å²) in [7, 11) is 1.66. The molecule has 0 radical (unpaired) electrons. The van der Waals surface area contributed by atoms with Gasteiger partial charge >= 0.3 is 0 Å². The monoisotopic (exact) mass is 327 g/mol. The maximum Gasteiger partial charge on any atom is 0.273 e. The van der Waals surface area contributed by atoms with Gasteiger partial charge in [0.15, 0.2) is 0 Å². The predicted octanol–water partition coefficient (Wildman–Crippen LogP) is 2.76. The number of hydrogen-bond acceptors (Lipinski definition) is 4. The van der Waals surface area contributed by atoms with E-state index in [0.29, 0.717) is 16.9 Å². The Labute approximate surface area is 139 Å². The van der Waals surface area contributed by atoms with Gasteiger partial charge in [0.1, 0.15) is 0 Å². The van der Waals surface area contributed by atoms with Crippen LogP contribution in [0.1, 0.15) is 12.5 Å². The number of nitrogens with zero attached hydrogens (tertiary/aromatic N) is 2. The van der Waals surface area contributed by atoms with Crippen LogP contribution < -0.4 is 10.2 Å². The van der Waals surface area contributed by atoms with Crippen LogP contribution in [0.5, 0.6) is 0 Å². The van der Waals surface area contributed by atoms with Crippen molar-refractivity contribution in [3.8, 4) is 0 Å². The number of anilines is 2. The highest BCUT2D eigenvalue weighted by molar-refractivity contribution is 5.94. The van der Waals surface area contributed by atoms with Crippen LogP contribution >= 0.6 is 0 Å². The van der Waals surface area contributed by atoms with Crippen LogP contribution in [0.2, 0.25) is 0 Å². The molecule has 0 saturated heterocycles. The minimum absolute atomic E-state index is 0.0777. The molecule has 7 heteroatoms. The summed E-state index contributed by atoms with van der Waals surface area (Å²) in [5.41, 5.74) is 1.54. The molecule has 24 heavy (non-hydrogen) atoms. The number of rotatable bonds is 5. The van der Waals surface area contributed by atoms with E-state index in [4.69, 9.17) is 0 Å². The molecule has 0 heterocycles. The average Bonchev–Trinajstić information content (AvgIpc) is 2.55. The third kappa shape index (κ3) is 4.16. The first kappa shape index (κ1) is 17.1. The van der Waals surface area contributed by atoms with Crippen LogP contribution in [0.3, 0.4) is 0 Å². The number of carbonyl (C=O) groups excluding carboxylic acids is 2. The van der Waals surface area contributed by atoms with E-state index in [-0.39, 0.29) is 23.9 Å². The first-order valence-corrected chi connectivity index (χ1v) is 7.25. The number of hydrogen-bond donors (Lipinski definition) is 1. The van der Waals surface area contributed by atoms with Crippen molar-refractivity contribution in [3.05, 3.63) is 64.2 Å². The fraction of sp³-hybridized carbons (Fsp3) is 0.176. The Hall–Kier alpha value is -3.22. The summed E-state index contributed by atoms with van der Waals surface area (Å²) in [5.74, 6) is -0.444. The highest BCUT2D eigenvalue weighted by Crippen LogP contribution is 2.20. The van der Waals surface area contributed by atoms with Crippen LogP contribution in [0, 0.1) is 10.1 Å². The van der Waals surface area contributed by atoms with Crippen molar-refractivity contribution in [1.82, 2.24) is 0 Å². The van der Waals surface area contributed by atoms with E-state index in [0.717, 1.165) is 0 Å². The van der Waals surface area contributed by atoms with Gasteiger partial charge in [-0.2, -0.15) is 0 Å². The summed E-state index contributed by atoms with van der Waals surface area (Å²) < 4.78 is 0. The molecular formula is C17H17N3O4. The Morgan fingerprint density at radius 1 is 1.12 bits per heavy atom. The van der Waals surface area contributed by atoms with Crippen LogP contribution in [0.15, 0.2) is 48.5 Å². The van der Waals surface area contributed by atoms with Crippen LogP contribution in [-0.4, -0.2) is 23.8 Å². The predicted molar refractivity (Wildman–Crippen MR) is 91.0 cm³/mol. The zero-order chi connectivity index (χ0) is 17.7. The van der Waals surface area contributed by atoms with Gasteiger partial charge in [0.2, 0.25) is 11.8 Å². The molecule has 2 aromatic rings. The van der Waals surface area contributed by atoms with Gasteiger partial charge in [-0.05, 0) is 24.3 Å². The summed E-state index contributed by atoms with van der Waals surface area (Å²) in [6, 6.07) is 12.9. The first-order valence-electron chi connectivity index (χ1n) is 7.25. The molecule has 1 N–H and O–H groups in total. The molecule has 2 amide bonds. The van der Waals surface area contributed by atoms with Crippen LogP contribution in [0.25, 0.3) is 0 Å². The van der Waals surface area contributed by atoms with Gasteiger partial charge in [-0.15, -0.1) is 0 Å². The number of carbonyl (C=O) groups is 2. The van der Waals surface area contributed by atoms with Crippen molar-refractivity contribution < 1.29 is 14.5 Å². The van der Waals surface area contributed by atoms with Gasteiger partial charge in [-0.1, -0.05) is 18.2 Å². The molecule has 2 aromatic carbocycles. The maximum absolute atomic E-state index is 12.1. The Kier molecular flexibility index (Phi) is 5.26. The Morgan fingerprint density at radius 2 is 1.75 bits per heavy atom.